The van der Waals surface area contributed by atoms with Gasteiger partial charge in [0.15, 0.2) is 5.75 Å². The summed E-state index contributed by atoms with van der Waals surface area (Å²) < 4.78 is 46.8. The highest BCUT2D eigenvalue weighted by Gasteiger charge is 2.31. The molecule has 10 heteroatoms. The van der Waals surface area contributed by atoms with Crippen LogP contribution in [0.5, 0.6) is 5.75 Å². The molecule has 46 heavy (non-hydrogen) atoms. The van der Waals surface area contributed by atoms with E-state index < -0.39 is 17.7 Å². The number of rotatable bonds is 13. The summed E-state index contributed by atoms with van der Waals surface area (Å²) in [5, 5.41) is 19.0. The summed E-state index contributed by atoms with van der Waals surface area (Å²) >= 11 is 0. The molecular weight excluding hydrogens is 595 g/mol. The number of benzene rings is 3. The van der Waals surface area contributed by atoms with Crippen molar-refractivity contribution >= 4 is 11.9 Å². The summed E-state index contributed by atoms with van der Waals surface area (Å²) in [4.78, 5) is 21.6. The van der Waals surface area contributed by atoms with Gasteiger partial charge in [0.25, 0.3) is 0 Å². The van der Waals surface area contributed by atoms with E-state index in [9.17, 15) is 23.1 Å². The minimum absolute atomic E-state index is 0.0265. The molecule has 0 atom stereocenters. The number of aliphatic hydroxyl groups excluding tert-OH is 1. The normalized spacial score (nSPS) is 11.6. The number of ether oxygens (including phenoxy) is 1. The van der Waals surface area contributed by atoms with Crippen molar-refractivity contribution in [1.29, 1.82) is 0 Å². The van der Waals surface area contributed by atoms with Crippen molar-refractivity contribution in [3.05, 3.63) is 105 Å². The molecule has 0 aliphatic carbocycles. The maximum Gasteiger partial charge on any atom is 0.416 e. The number of halogens is 3. The molecular formula is C36H40F3N3O4. The van der Waals surface area contributed by atoms with E-state index in [2.05, 4.69) is 35.9 Å². The molecule has 0 saturated carbocycles. The monoisotopic (exact) mass is 635 g/mol. The molecule has 0 spiro atoms. The van der Waals surface area contributed by atoms with Gasteiger partial charge in [-0.15, -0.1) is 0 Å². The average molecular weight is 636 g/mol. The van der Waals surface area contributed by atoms with Crippen molar-refractivity contribution in [3.63, 3.8) is 0 Å². The molecule has 0 fully saturated rings. The highest BCUT2D eigenvalue weighted by molar-refractivity contribution is 5.73. The van der Waals surface area contributed by atoms with Gasteiger partial charge < -0.3 is 19.8 Å². The van der Waals surface area contributed by atoms with Crippen molar-refractivity contribution in [2.24, 2.45) is 0 Å². The van der Waals surface area contributed by atoms with E-state index in [1.54, 1.807) is 13.0 Å². The Kier molecular flexibility index (Phi) is 11.1. The minimum atomic E-state index is -4.49. The molecule has 0 amide bonds. The van der Waals surface area contributed by atoms with Gasteiger partial charge in [-0.2, -0.15) is 13.2 Å². The summed E-state index contributed by atoms with van der Waals surface area (Å²) in [5.74, 6) is -0.0237. The first kappa shape index (κ1) is 34.4. The molecule has 0 saturated heterocycles. The average Bonchev–Trinajstić information content (AvgIpc) is 2.99. The molecule has 3 aromatic carbocycles. The number of hydrogen-bond acceptors (Lipinski definition) is 6. The van der Waals surface area contributed by atoms with Gasteiger partial charge in [0.1, 0.15) is 0 Å². The second-order valence-electron chi connectivity index (χ2n) is 12.0. The number of hydrogen-bond donors (Lipinski definition) is 2. The zero-order valence-electron chi connectivity index (χ0n) is 26.8. The fourth-order valence-electron chi connectivity index (χ4n) is 5.39. The smallest absolute Gasteiger partial charge is 0.416 e. The van der Waals surface area contributed by atoms with Gasteiger partial charge in [-0.1, -0.05) is 61.4 Å². The van der Waals surface area contributed by atoms with Crippen LogP contribution in [0.25, 0.3) is 11.1 Å². The van der Waals surface area contributed by atoms with E-state index in [4.69, 9.17) is 9.84 Å². The third-order valence-corrected chi connectivity index (χ3v) is 7.83. The first-order chi connectivity index (χ1) is 21.7. The van der Waals surface area contributed by atoms with Crippen LogP contribution in [-0.4, -0.2) is 32.8 Å². The van der Waals surface area contributed by atoms with Crippen LogP contribution in [0.3, 0.4) is 0 Å². The standard InChI is InChI=1S/C36H40F3N3O4/c1-22(2)27-15-29(21-43)25(5)33(16-27)32-9-8-23(3)12-28(32)20-42(19-26-11-24(4)13-30(14-26)36(37,38)39)35-40-17-31(18-41-35)46-10-6-7-34(44)45/h8-9,11-18,22,43H,6-7,10,19-21H2,1-5H3,(H,44,45). The lowest BCUT2D eigenvalue weighted by molar-refractivity contribution is -0.138. The van der Waals surface area contributed by atoms with Gasteiger partial charge in [0.05, 0.1) is 31.2 Å². The molecule has 0 bridgehead atoms. The maximum absolute atomic E-state index is 13.7. The quantitative estimate of drug-likeness (QED) is 0.143. The first-order valence-electron chi connectivity index (χ1n) is 15.2. The van der Waals surface area contributed by atoms with Crippen molar-refractivity contribution in [2.75, 3.05) is 11.5 Å². The third kappa shape index (κ3) is 8.84. The number of aryl methyl sites for hydroxylation is 2. The second kappa shape index (κ2) is 14.8. The van der Waals surface area contributed by atoms with Crippen LogP contribution in [0.4, 0.5) is 19.1 Å². The molecule has 0 radical (unpaired) electrons. The van der Waals surface area contributed by atoms with E-state index in [0.29, 0.717) is 29.2 Å². The fraction of sp³-hybridized carbons (Fsp3) is 0.361. The summed E-state index contributed by atoms with van der Waals surface area (Å²) in [6.07, 6.45) is -1.23. The SMILES string of the molecule is Cc1cc(CN(Cc2cc(C)ccc2-c2cc(C(C)C)cc(CO)c2C)c2ncc(OCCCC(=O)O)cn2)cc(C(F)(F)F)c1. The molecule has 0 unspecified atom stereocenters. The Balaban J connectivity index is 1.77. The zero-order valence-corrected chi connectivity index (χ0v) is 26.8. The lowest BCUT2D eigenvalue weighted by Crippen LogP contribution is -2.25. The molecule has 7 nitrogen and oxygen atoms in total. The van der Waals surface area contributed by atoms with Gasteiger partial charge >= 0.3 is 12.1 Å². The molecule has 1 aromatic heterocycles. The van der Waals surface area contributed by atoms with E-state index in [0.717, 1.165) is 51.1 Å². The van der Waals surface area contributed by atoms with Gasteiger partial charge in [-0.25, -0.2) is 9.97 Å². The number of aliphatic carboxylic acids is 1. The summed E-state index contributed by atoms with van der Waals surface area (Å²) in [6.45, 7) is 10.3. The Morgan fingerprint density at radius 1 is 0.913 bits per heavy atom. The lowest BCUT2D eigenvalue weighted by Gasteiger charge is -2.26. The van der Waals surface area contributed by atoms with E-state index in [1.165, 1.54) is 12.4 Å². The summed E-state index contributed by atoms with van der Waals surface area (Å²) in [5.41, 5.74) is 6.98. The van der Waals surface area contributed by atoms with E-state index >= 15 is 0 Å². The minimum Gasteiger partial charge on any atom is -0.490 e. The van der Waals surface area contributed by atoms with Gasteiger partial charge in [-0.3, -0.25) is 4.79 Å². The van der Waals surface area contributed by atoms with Crippen molar-refractivity contribution in [2.45, 2.75) is 79.3 Å². The van der Waals surface area contributed by atoms with Crippen molar-refractivity contribution in [3.8, 4) is 16.9 Å². The Morgan fingerprint density at radius 2 is 1.63 bits per heavy atom. The Bertz CT molecular complexity index is 1670. The van der Waals surface area contributed by atoms with Crippen LogP contribution in [0.15, 0.2) is 60.9 Å². The molecule has 2 N–H and O–H groups in total. The number of alkyl halides is 3. The number of anilines is 1. The highest BCUT2D eigenvalue weighted by atomic mass is 19.4. The largest absolute Gasteiger partial charge is 0.490 e. The molecule has 244 valence electrons. The second-order valence-corrected chi connectivity index (χ2v) is 12.0. The number of aromatic nitrogens is 2. The Labute approximate surface area is 267 Å². The molecule has 4 aromatic rings. The third-order valence-electron chi connectivity index (χ3n) is 7.83. The zero-order chi connectivity index (χ0) is 33.6. The molecule has 0 aliphatic heterocycles. The first-order valence-corrected chi connectivity index (χ1v) is 15.2. The Hall–Kier alpha value is -4.44. The van der Waals surface area contributed by atoms with E-state index in [-0.39, 0.29) is 38.6 Å². The maximum atomic E-state index is 13.7. The Morgan fingerprint density at radius 3 is 2.26 bits per heavy atom. The lowest BCUT2D eigenvalue weighted by atomic mass is 9.88. The van der Waals surface area contributed by atoms with Gasteiger partial charge in [0, 0.05) is 19.5 Å². The van der Waals surface area contributed by atoms with Gasteiger partial charge in [-0.05, 0) is 84.2 Å². The van der Waals surface area contributed by atoms with Crippen LogP contribution >= 0.6 is 0 Å². The van der Waals surface area contributed by atoms with E-state index in [1.807, 2.05) is 36.9 Å². The number of carboxylic acids is 1. The van der Waals surface area contributed by atoms with Crippen LogP contribution in [0, 0.1) is 20.8 Å². The van der Waals surface area contributed by atoms with Crippen molar-refractivity contribution in [1.82, 2.24) is 9.97 Å². The van der Waals surface area contributed by atoms with Crippen LogP contribution in [0.1, 0.15) is 77.1 Å². The number of carboxylic acid groups (broad SMARTS) is 1. The van der Waals surface area contributed by atoms with Gasteiger partial charge in [0.2, 0.25) is 5.95 Å². The molecule has 0 aliphatic rings. The van der Waals surface area contributed by atoms with Crippen molar-refractivity contribution < 1.29 is 32.9 Å². The molecule has 1 heterocycles. The van der Waals surface area contributed by atoms with Crippen LogP contribution in [0.2, 0.25) is 0 Å². The topological polar surface area (TPSA) is 95.8 Å². The predicted octanol–water partition coefficient (Wildman–Crippen LogP) is 8.15. The summed E-state index contributed by atoms with van der Waals surface area (Å²) in [6, 6.07) is 14.3. The predicted molar refractivity (Wildman–Crippen MR) is 172 cm³/mol. The summed E-state index contributed by atoms with van der Waals surface area (Å²) in [7, 11) is 0. The number of carbonyl (C=O) groups is 1. The number of nitrogens with zero attached hydrogens (tertiary/aromatic N) is 3. The van der Waals surface area contributed by atoms with Crippen LogP contribution in [-0.2, 0) is 30.7 Å². The fourth-order valence-corrected chi connectivity index (χ4v) is 5.39. The number of aliphatic hydroxyl groups is 1. The highest BCUT2D eigenvalue weighted by Crippen LogP contribution is 2.35. The van der Waals surface area contributed by atoms with Crippen LogP contribution < -0.4 is 9.64 Å². The molecule has 4 rings (SSSR count).